The Kier molecular flexibility index (Phi) is 9.54. The molecule has 23 heavy (non-hydrogen) atoms. The predicted molar refractivity (Wildman–Crippen MR) is 102 cm³/mol. The Morgan fingerprint density at radius 3 is 2.70 bits per heavy atom. The molecule has 7 heteroatoms. The Bertz CT molecular complexity index is 465. The fraction of sp³-hybridized carbons (Fsp3) is 0.750. The Labute approximate surface area is 155 Å². The predicted octanol–water partition coefficient (Wildman–Crippen LogP) is 2.51. The highest BCUT2D eigenvalue weighted by Gasteiger charge is 2.20. The molecule has 1 saturated carbocycles. The average molecular weight is 436 g/mol. The SMILES string of the molecule is CCc1noc(CC)c1CNC(=NC)NCCOCC1CC1.I. The number of guanidine groups is 1. The molecule has 1 aromatic heterocycles. The third-order valence-electron chi connectivity index (χ3n) is 3.85. The van der Waals surface area contributed by atoms with Gasteiger partial charge in [0.05, 0.1) is 12.3 Å². The van der Waals surface area contributed by atoms with E-state index in [1.165, 1.54) is 12.8 Å². The molecule has 0 spiro atoms. The highest BCUT2D eigenvalue weighted by atomic mass is 127. The van der Waals surface area contributed by atoms with Gasteiger partial charge in [0.2, 0.25) is 0 Å². The Morgan fingerprint density at radius 2 is 2.09 bits per heavy atom. The van der Waals surface area contributed by atoms with Gasteiger partial charge in [0.1, 0.15) is 5.76 Å². The molecule has 0 bridgehead atoms. The third kappa shape index (κ3) is 6.66. The molecule has 6 nitrogen and oxygen atoms in total. The quantitative estimate of drug-likeness (QED) is 0.270. The van der Waals surface area contributed by atoms with Crippen LogP contribution in [0.2, 0.25) is 0 Å². The van der Waals surface area contributed by atoms with E-state index in [2.05, 4.69) is 34.6 Å². The number of aryl methyl sites for hydroxylation is 2. The van der Waals surface area contributed by atoms with E-state index < -0.39 is 0 Å². The molecular formula is C16H29IN4O2. The van der Waals surface area contributed by atoms with Gasteiger partial charge >= 0.3 is 0 Å². The van der Waals surface area contributed by atoms with Crippen molar-refractivity contribution in [3.05, 3.63) is 17.0 Å². The molecule has 1 heterocycles. The summed E-state index contributed by atoms with van der Waals surface area (Å²) in [6, 6.07) is 0. The van der Waals surface area contributed by atoms with Crippen LogP contribution in [0.4, 0.5) is 0 Å². The summed E-state index contributed by atoms with van der Waals surface area (Å²) in [4.78, 5) is 4.23. The van der Waals surface area contributed by atoms with Gasteiger partial charge in [0, 0.05) is 38.7 Å². The average Bonchev–Trinajstić information content (AvgIpc) is 3.28. The topological polar surface area (TPSA) is 71.7 Å². The molecule has 1 fully saturated rings. The van der Waals surface area contributed by atoms with Crippen molar-refractivity contribution in [1.82, 2.24) is 15.8 Å². The molecule has 2 N–H and O–H groups in total. The smallest absolute Gasteiger partial charge is 0.191 e. The van der Waals surface area contributed by atoms with Crippen molar-refractivity contribution in [3.63, 3.8) is 0 Å². The zero-order valence-corrected chi connectivity index (χ0v) is 16.7. The lowest BCUT2D eigenvalue weighted by atomic mass is 10.1. The summed E-state index contributed by atoms with van der Waals surface area (Å²) in [5.74, 6) is 2.54. The van der Waals surface area contributed by atoms with Crippen molar-refractivity contribution in [2.45, 2.75) is 46.1 Å². The van der Waals surface area contributed by atoms with Crippen LogP contribution in [0.5, 0.6) is 0 Å². The van der Waals surface area contributed by atoms with Gasteiger partial charge in [-0.1, -0.05) is 19.0 Å². The molecule has 0 aliphatic heterocycles. The summed E-state index contributed by atoms with van der Waals surface area (Å²) in [5.41, 5.74) is 2.17. The first-order valence-electron chi connectivity index (χ1n) is 8.27. The molecule has 1 aliphatic rings. The molecule has 132 valence electrons. The zero-order chi connectivity index (χ0) is 15.8. The van der Waals surface area contributed by atoms with Gasteiger partial charge in [0.25, 0.3) is 0 Å². The fourth-order valence-electron chi connectivity index (χ4n) is 2.31. The van der Waals surface area contributed by atoms with Crippen molar-refractivity contribution in [2.75, 3.05) is 26.8 Å². The van der Waals surface area contributed by atoms with E-state index >= 15 is 0 Å². The lowest BCUT2D eigenvalue weighted by molar-refractivity contribution is 0.129. The molecule has 1 aromatic rings. The van der Waals surface area contributed by atoms with Crippen LogP contribution in [0.3, 0.4) is 0 Å². The van der Waals surface area contributed by atoms with Crippen molar-refractivity contribution >= 4 is 29.9 Å². The fourth-order valence-corrected chi connectivity index (χ4v) is 2.31. The van der Waals surface area contributed by atoms with Crippen molar-refractivity contribution in [2.24, 2.45) is 10.9 Å². The molecular weight excluding hydrogens is 407 g/mol. The van der Waals surface area contributed by atoms with Crippen LogP contribution in [-0.2, 0) is 24.1 Å². The summed E-state index contributed by atoms with van der Waals surface area (Å²) in [6.45, 7) is 7.22. The van der Waals surface area contributed by atoms with E-state index in [9.17, 15) is 0 Å². The molecule has 2 rings (SSSR count). The van der Waals surface area contributed by atoms with Crippen molar-refractivity contribution in [3.8, 4) is 0 Å². The van der Waals surface area contributed by atoms with Crippen LogP contribution in [0, 0.1) is 5.92 Å². The molecule has 0 radical (unpaired) electrons. The van der Waals surface area contributed by atoms with Gasteiger partial charge < -0.3 is 19.9 Å². The molecule has 0 unspecified atom stereocenters. The number of halogens is 1. The number of nitrogens with zero attached hydrogens (tertiary/aromatic N) is 2. The van der Waals surface area contributed by atoms with E-state index in [1.54, 1.807) is 7.05 Å². The maximum atomic E-state index is 5.61. The number of ether oxygens (including phenoxy) is 1. The Hall–Kier alpha value is -0.830. The van der Waals surface area contributed by atoms with Gasteiger partial charge in [-0.05, 0) is 25.2 Å². The summed E-state index contributed by atoms with van der Waals surface area (Å²) in [7, 11) is 1.77. The minimum absolute atomic E-state index is 0. The van der Waals surface area contributed by atoms with Crippen LogP contribution in [-0.4, -0.2) is 37.9 Å². The zero-order valence-electron chi connectivity index (χ0n) is 14.4. The Morgan fingerprint density at radius 1 is 1.30 bits per heavy atom. The lowest BCUT2D eigenvalue weighted by Crippen LogP contribution is -2.38. The molecule has 0 saturated heterocycles. The van der Waals surface area contributed by atoms with Gasteiger partial charge in [-0.15, -0.1) is 24.0 Å². The molecule has 0 amide bonds. The van der Waals surface area contributed by atoms with Crippen LogP contribution in [0.15, 0.2) is 9.52 Å². The number of nitrogens with one attached hydrogen (secondary N) is 2. The number of aromatic nitrogens is 1. The van der Waals surface area contributed by atoms with E-state index in [0.717, 1.165) is 54.9 Å². The van der Waals surface area contributed by atoms with E-state index in [4.69, 9.17) is 9.26 Å². The van der Waals surface area contributed by atoms with Crippen LogP contribution >= 0.6 is 24.0 Å². The summed E-state index contributed by atoms with van der Waals surface area (Å²) in [6.07, 6.45) is 4.39. The molecule has 0 atom stereocenters. The van der Waals surface area contributed by atoms with Crippen molar-refractivity contribution < 1.29 is 9.26 Å². The first-order valence-corrected chi connectivity index (χ1v) is 8.27. The molecule has 1 aliphatic carbocycles. The van der Waals surface area contributed by atoms with Crippen LogP contribution in [0.1, 0.15) is 43.7 Å². The van der Waals surface area contributed by atoms with E-state index in [0.29, 0.717) is 13.2 Å². The monoisotopic (exact) mass is 436 g/mol. The second kappa shape index (κ2) is 10.9. The molecule has 0 aromatic carbocycles. The largest absolute Gasteiger partial charge is 0.379 e. The highest BCUT2D eigenvalue weighted by Crippen LogP contribution is 2.28. The normalized spacial score (nSPS) is 14.5. The van der Waals surface area contributed by atoms with Gasteiger partial charge in [-0.3, -0.25) is 4.99 Å². The highest BCUT2D eigenvalue weighted by molar-refractivity contribution is 14.0. The third-order valence-corrected chi connectivity index (χ3v) is 3.85. The van der Waals surface area contributed by atoms with Crippen molar-refractivity contribution in [1.29, 1.82) is 0 Å². The number of rotatable bonds is 9. The minimum Gasteiger partial charge on any atom is -0.379 e. The Balaban J connectivity index is 0.00000264. The first-order chi connectivity index (χ1) is 10.8. The van der Waals surface area contributed by atoms with E-state index in [1.807, 2.05) is 0 Å². The van der Waals surface area contributed by atoms with E-state index in [-0.39, 0.29) is 24.0 Å². The van der Waals surface area contributed by atoms with Gasteiger partial charge in [0.15, 0.2) is 5.96 Å². The summed E-state index contributed by atoms with van der Waals surface area (Å²) < 4.78 is 11.0. The van der Waals surface area contributed by atoms with Gasteiger partial charge in [-0.2, -0.15) is 0 Å². The number of hydrogen-bond acceptors (Lipinski definition) is 4. The summed E-state index contributed by atoms with van der Waals surface area (Å²) >= 11 is 0. The standard InChI is InChI=1S/C16H28N4O2.HI/c1-4-14-13(15(5-2)22-20-14)10-19-16(17-3)18-8-9-21-11-12-6-7-12;/h12H,4-11H2,1-3H3,(H2,17,18,19);1H. The number of aliphatic imine (C=N–C) groups is 1. The van der Waals surface area contributed by atoms with Crippen LogP contribution < -0.4 is 10.6 Å². The maximum Gasteiger partial charge on any atom is 0.191 e. The second-order valence-corrected chi connectivity index (χ2v) is 5.61. The first kappa shape index (κ1) is 20.2. The minimum atomic E-state index is 0. The summed E-state index contributed by atoms with van der Waals surface area (Å²) in [5, 5.41) is 10.7. The second-order valence-electron chi connectivity index (χ2n) is 5.61. The van der Waals surface area contributed by atoms with Gasteiger partial charge in [-0.25, -0.2) is 0 Å². The van der Waals surface area contributed by atoms with Crippen LogP contribution in [0.25, 0.3) is 0 Å². The lowest BCUT2D eigenvalue weighted by Gasteiger charge is -2.12. The maximum absolute atomic E-state index is 5.61. The number of hydrogen-bond donors (Lipinski definition) is 2.